The van der Waals surface area contributed by atoms with Gasteiger partial charge in [-0.3, -0.25) is 4.79 Å². The zero-order chi connectivity index (χ0) is 16.4. The first-order valence-corrected chi connectivity index (χ1v) is 8.11. The third-order valence-corrected chi connectivity index (χ3v) is 4.28. The van der Waals surface area contributed by atoms with Crippen LogP contribution in [0.4, 0.5) is 11.4 Å². The van der Waals surface area contributed by atoms with Crippen molar-refractivity contribution in [3.8, 4) is 0 Å². The van der Waals surface area contributed by atoms with Crippen molar-refractivity contribution in [3.05, 3.63) is 60.3 Å². The van der Waals surface area contributed by atoms with Gasteiger partial charge in [-0.1, -0.05) is 18.2 Å². The lowest BCUT2D eigenvalue weighted by Gasteiger charge is -2.28. The maximum atomic E-state index is 12.4. The number of rotatable bonds is 3. The van der Waals surface area contributed by atoms with Crippen LogP contribution in [-0.2, 0) is 4.74 Å². The molecule has 1 aliphatic rings. The predicted molar refractivity (Wildman–Crippen MR) is 95.7 cm³/mol. The largest absolute Gasteiger partial charge is 0.378 e. The second-order valence-electron chi connectivity index (χ2n) is 5.87. The zero-order valence-electron chi connectivity index (χ0n) is 13.3. The highest BCUT2D eigenvalue weighted by Crippen LogP contribution is 2.20. The van der Waals surface area contributed by atoms with Gasteiger partial charge in [-0.25, -0.2) is 0 Å². The Balaban J connectivity index is 1.47. The molecule has 0 bridgehead atoms. The van der Waals surface area contributed by atoms with Gasteiger partial charge in [0.25, 0.3) is 5.91 Å². The number of nitrogens with one attached hydrogen (secondary N) is 2. The van der Waals surface area contributed by atoms with E-state index in [2.05, 4.69) is 15.2 Å². The van der Waals surface area contributed by atoms with Crippen LogP contribution in [0.5, 0.6) is 0 Å². The van der Waals surface area contributed by atoms with Crippen LogP contribution in [0.2, 0.25) is 0 Å². The van der Waals surface area contributed by atoms with E-state index in [0.29, 0.717) is 5.69 Å². The monoisotopic (exact) mass is 321 g/mol. The topological polar surface area (TPSA) is 57.4 Å². The van der Waals surface area contributed by atoms with E-state index in [9.17, 15) is 4.79 Å². The molecule has 1 saturated heterocycles. The van der Waals surface area contributed by atoms with Crippen LogP contribution in [0.25, 0.3) is 10.9 Å². The lowest BCUT2D eigenvalue weighted by atomic mass is 10.2. The average molecular weight is 321 g/mol. The Morgan fingerprint density at radius 2 is 1.79 bits per heavy atom. The van der Waals surface area contributed by atoms with Crippen molar-refractivity contribution >= 4 is 28.2 Å². The normalized spacial score (nSPS) is 14.8. The quantitative estimate of drug-likeness (QED) is 0.778. The number of ether oxygens (including phenoxy) is 1. The minimum atomic E-state index is -0.134. The molecule has 1 aliphatic heterocycles. The van der Waals surface area contributed by atoms with Gasteiger partial charge in [0.15, 0.2) is 0 Å². The van der Waals surface area contributed by atoms with Crippen LogP contribution in [0.15, 0.2) is 54.6 Å². The van der Waals surface area contributed by atoms with Gasteiger partial charge in [-0.2, -0.15) is 0 Å². The summed E-state index contributed by atoms with van der Waals surface area (Å²) in [5.41, 5.74) is 3.47. The Bertz CT molecular complexity index is 815. The average Bonchev–Trinajstić information content (AvgIpc) is 3.07. The van der Waals surface area contributed by atoms with Crippen molar-refractivity contribution in [3.63, 3.8) is 0 Å². The summed E-state index contributed by atoms with van der Waals surface area (Å²) >= 11 is 0. The highest BCUT2D eigenvalue weighted by molar-refractivity contribution is 6.05. The maximum absolute atomic E-state index is 12.4. The highest BCUT2D eigenvalue weighted by atomic mass is 16.5. The van der Waals surface area contributed by atoms with Crippen molar-refractivity contribution in [1.82, 2.24) is 4.98 Å². The molecule has 0 aliphatic carbocycles. The number of aromatic nitrogens is 1. The van der Waals surface area contributed by atoms with E-state index < -0.39 is 0 Å². The Kier molecular flexibility index (Phi) is 3.92. The maximum Gasteiger partial charge on any atom is 0.272 e. The SMILES string of the molecule is O=C(Nc1ccc(N2CCOCC2)cc1)c1cc2ccccc2[nH]1. The van der Waals surface area contributed by atoms with Gasteiger partial charge in [0.2, 0.25) is 0 Å². The summed E-state index contributed by atoms with van der Waals surface area (Å²) < 4.78 is 5.37. The molecule has 0 unspecified atom stereocenters. The van der Waals surface area contributed by atoms with Crippen LogP contribution in [-0.4, -0.2) is 37.2 Å². The number of carbonyl (C=O) groups is 1. The Morgan fingerprint density at radius 1 is 1.04 bits per heavy atom. The number of hydrogen-bond acceptors (Lipinski definition) is 3. The van der Waals surface area contributed by atoms with Crippen LogP contribution < -0.4 is 10.2 Å². The van der Waals surface area contributed by atoms with Gasteiger partial charge in [0.1, 0.15) is 5.69 Å². The number of morpholine rings is 1. The van der Waals surface area contributed by atoms with Crippen LogP contribution in [0.3, 0.4) is 0 Å². The van der Waals surface area contributed by atoms with Gasteiger partial charge in [0, 0.05) is 35.4 Å². The second kappa shape index (κ2) is 6.37. The smallest absolute Gasteiger partial charge is 0.272 e. The molecule has 1 aromatic heterocycles. The van der Waals surface area contributed by atoms with Crippen molar-refractivity contribution in [1.29, 1.82) is 0 Å². The third-order valence-electron chi connectivity index (χ3n) is 4.28. The molecule has 122 valence electrons. The summed E-state index contributed by atoms with van der Waals surface area (Å²) in [5.74, 6) is -0.134. The molecule has 1 fully saturated rings. The molecular weight excluding hydrogens is 302 g/mol. The molecule has 3 aromatic rings. The number of H-pyrrole nitrogens is 1. The first-order valence-electron chi connectivity index (χ1n) is 8.11. The zero-order valence-corrected chi connectivity index (χ0v) is 13.3. The number of anilines is 2. The van der Waals surface area contributed by atoms with Crippen LogP contribution in [0.1, 0.15) is 10.5 Å². The minimum Gasteiger partial charge on any atom is -0.378 e. The van der Waals surface area contributed by atoms with E-state index >= 15 is 0 Å². The molecule has 2 heterocycles. The Labute approximate surface area is 140 Å². The number of carbonyl (C=O) groups excluding carboxylic acids is 1. The standard InChI is InChI=1S/C19H19N3O2/c23-19(18-13-14-3-1-2-4-17(14)21-18)20-15-5-7-16(8-6-15)22-9-11-24-12-10-22/h1-8,13,21H,9-12H2,(H,20,23). The fourth-order valence-electron chi connectivity index (χ4n) is 2.97. The summed E-state index contributed by atoms with van der Waals surface area (Å²) in [7, 11) is 0. The van der Waals surface area contributed by atoms with E-state index in [0.717, 1.165) is 48.6 Å². The summed E-state index contributed by atoms with van der Waals surface area (Å²) in [6.45, 7) is 3.33. The summed E-state index contributed by atoms with van der Waals surface area (Å²) in [6, 6.07) is 17.7. The molecule has 2 aromatic carbocycles. The van der Waals surface area contributed by atoms with E-state index in [-0.39, 0.29) is 5.91 Å². The highest BCUT2D eigenvalue weighted by Gasteiger charge is 2.12. The van der Waals surface area contributed by atoms with E-state index in [1.807, 2.05) is 54.6 Å². The fraction of sp³-hybridized carbons (Fsp3) is 0.211. The molecule has 5 heteroatoms. The van der Waals surface area contributed by atoms with Crippen molar-refractivity contribution in [2.75, 3.05) is 36.5 Å². The fourth-order valence-corrected chi connectivity index (χ4v) is 2.97. The summed E-state index contributed by atoms with van der Waals surface area (Å²) in [6.07, 6.45) is 0. The molecule has 1 amide bonds. The van der Waals surface area contributed by atoms with Crippen LogP contribution in [0, 0.1) is 0 Å². The lowest BCUT2D eigenvalue weighted by Crippen LogP contribution is -2.36. The Hall–Kier alpha value is -2.79. The van der Waals surface area contributed by atoms with Crippen molar-refractivity contribution in [2.45, 2.75) is 0 Å². The van der Waals surface area contributed by atoms with Gasteiger partial charge >= 0.3 is 0 Å². The Morgan fingerprint density at radius 3 is 2.54 bits per heavy atom. The third kappa shape index (κ3) is 2.98. The number of para-hydroxylation sites is 1. The van der Waals surface area contributed by atoms with Gasteiger partial charge in [0.05, 0.1) is 13.2 Å². The summed E-state index contributed by atoms with van der Waals surface area (Å²) in [5, 5.41) is 3.97. The predicted octanol–water partition coefficient (Wildman–Crippen LogP) is 3.26. The number of fused-ring (bicyclic) bond motifs is 1. The summed E-state index contributed by atoms with van der Waals surface area (Å²) in [4.78, 5) is 17.8. The van der Waals surface area contributed by atoms with E-state index in [1.165, 1.54) is 0 Å². The first kappa shape index (κ1) is 14.8. The number of benzene rings is 2. The van der Waals surface area contributed by atoms with Crippen molar-refractivity contribution in [2.24, 2.45) is 0 Å². The van der Waals surface area contributed by atoms with Gasteiger partial charge < -0.3 is 19.9 Å². The van der Waals surface area contributed by atoms with Crippen LogP contribution >= 0.6 is 0 Å². The van der Waals surface area contributed by atoms with Gasteiger partial charge in [-0.05, 0) is 36.4 Å². The number of hydrogen-bond donors (Lipinski definition) is 2. The number of nitrogens with zero attached hydrogens (tertiary/aromatic N) is 1. The second-order valence-corrected chi connectivity index (χ2v) is 5.87. The lowest BCUT2D eigenvalue weighted by molar-refractivity contribution is 0.102. The molecule has 4 rings (SSSR count). The molecule has 2 N–H and O–H groups in total. The molecule has 0 spiro atoms. The van der Waals surface area contributed by atoms with Crippen molar-refractivity contribution < 1.29 is 9.53 Å². The number of aromatic amines is 1. The molecule has 24 heavy (non-hydrogen) atoms. The molecule has 5 nitrogen and oxygen atoms in total. The first-order chi connectivity index (χ1) is 11.8. The molecule has 0 atom stereocenters. The van der Waals surface area contributed by atoms with E-state index in [4.69, 9.17) is 4.74 Å². The molecule has 0 radical (unpaired) electrons. The van der Waals surface area contributed by atoms with E-state index in [1.54, 1.807) is 0 Å². The molecule has 0 saturated carbocycles. The van der Waals surface area contributed by atoms with Gasteiger partial charge in [-0.15, -0.1) is 0 Å². The number of amides is 1. The minimum absolute atomic E-state index is 0.134. The molecular formula is C19H19N3O2.